The zero-order chi connectivity index (χ0) is 27.3. The number of nitrogens with zero attached hydrogens (tertiary/aromatic N) is 1. The Balaban J connectivity index is 0.000000426. The zero-order valence-electron chi connectivity index (χ0n) is 24.7. The summed E-state index contributed by atoms with van der Waals surface area (Å²) in [5.74, 6) is 0. The Labute approximate surface area is 223 Å². The number of unbranched alkanes of at least 4 members (excludes halogenated alkanes) is 1. The molecular formula is C35H51N. The Bertz CT molecular complexity index is 1030. The van der Waals surface area contributed by atoms with Crippen molar-refractivity contribution in [1.82, 2.24) is 0 Å². The third-order valence-corrected chi connectivity index (χ3v) is 7.35. The fourth-order valence-corrected chi connectivity index (χ4v) is 4.27. The largest absolute Gasteiger partial charge is 0.285 e. The summed E-state index contributed by atoms with van der Waals surface area (Å²) in [4.78, 5) is 4.43. The highest BCUT2D eigenvalue weighted by Crippen LogP contribution is 2.34. The first-order chi connectivity index (χ1) is 16.9. The van der Waals surface area contributed by atoms with Crippen LogP contribution in [-0.4, -0.2) is 12.3 Å². The molecule has 0 radical (unpaired) electrons. The normalized spacial score (nSPS) is 15.0. The molecule has 1 heteroatoms. The van der Waals surface area contributed by atoms with Gasteiger partial charge in [-0.3, -0.25) is 4.99 Å². The van der Waals surface area contributed by atoms with Gasteiger partial charge in [0, 0.05) is 5.71 Å². The maximum absolute atomic E-state index is 4.43. The number of aryl methyl sites for hydroxylation is 1. The molecule has 0 saturated carbocycles. The quantitative estimate of drug-likeness (QED) is 0.218. The molecule has 1 aromatic carbocycles. The molecule has 0 spiro atoms. The molecule has 1 aromatic rings. The minimum absolute atomic E-state index is 0.291. The van der Waals surface area contributed by atoms with Crippen molar-refractivity contribution < 1.29 is 0 Å². The third kappa shape index (κ3) is 10.1. The lowest BCUT2D eigenvalue weighted by atomic mass is 9.75. The topological polar surface area (TPSA) is 12.4 Å². The molecule has 196 valence electrons. The Kier molecular flexibility index (Phi) is 13.5. The first kappa shape index (κ1) is 31.4. The molecule has 0 aliphatic carbocycles. The lowest BCUT2D eigenvalue weighted by Crippen LogP contribution is -2.20. The van der Waals surface area contributed by atoms with Gasteiger partial charge in [-0.1, -0.05) is 98.7 Å². The highest BCUT2D eigenvalue weighted by atomic mass is 14.7. The molecule has 1 aliphatic heterocycles. The van der Waals surface area contributed by atoms with Crippen LogP contribution in [0.1, 0.15) is 98.6 Å². The fraction of sp³-hybridized carbons (Fsp3) is 0.457. The van der Waals surface area contributed by atoms with Gasteiger partial charge in [-0.05, 0) is 107 Å². The van der Waals surface area contributed by atoms with Crippen LogP contribution < -0.4 is 0 Å². The summed E-state index contributed by atoms with van der Waals surface area (Å²) in [5.41, 5.74) is 11.8. The maximum atomic E-state index is 4.43. The van der Waals surface area contributed by atoms with E-state index in [9.17, 15) is 0 Å². The Morgan fingerprint density at radius 1 is 1.03 bits per heavy atom. The molecule has 1 heterocycles. The maximum Gasteiger partial charge on any atom is 0.0583 e. The lowest BCUT2D eigenvalue weighted by Gasteiger charge is -2.29. The second kappa shape index (κ2) is 15.4. The van der Waals surface area contributed by atoms with E-state index < -0.39 is 0 Å². The summed E-state index contributed by atoms with van der Waals surface area (Å²) < 4.78 is 0. The van der Waals surface area contributed by atoms with Crippen LogP contribution in [0.15, 0.2) is 100 Å². The van der Waals surface area contributed by atoms with Crippen molar-refractivity contribution in [2.45, 2.75) is 99.8 Å². The van der Waals surface area contributed by atoms with Gasteiger partial charge in [0.2, 0.25) is 0 Å². The second-order valence-electron chi connectivity index (χ2n) is 10.7. The van der Waals surface area contributed by atoms with Crippen molar-refractivity contribution in [3.63, 3.8) is 0 Å². The minimum Gasteiger partial charge on any atom is -0.285 e. The van der Waals surface area contributed by atoms with E-state index in [0.717, 1.165) is 24.3 Å². The average molecular weight is 486 g/mol. The van der Waals surface area contributed by atoms with Crippen molar-refractivity contribution in [3.8, 4) is 0 Å². The van der Waals surface area contributed by atoms with E-state index in [-0.39, 0.29) is 0 Å². The summed E-state index contributed by atoms with van der Waals surface area (Å²) >= 11 is 0. The number of hydrogen-bond donors (Lipinski definition) is 0. The van der Waals surface area contributed by atoms with Gasteiger partial charge < -0.3 is 0 Å². The molecule has 0 bridgehead atoms. The summed E-state index contributed by atoms with van der Waals surface area (Å²) in [5, 5.41) is 0. The molecule has 0 fully saturated rings. The monoisotopic (exact) mass is 485 g/mol. The van der Waals surface area contributed by atoms with Crippen molar-refractivity contribution in [2.24, 2.45) is 4.99 Å². The van der Waals surface area contributed by atoms with E-state index in [2.05, 4.69) is 115 Å². The molecule has 1 unspecified atom stereocenters. The SMILES string of the molecule is C=C(C)/C(C)=C/C(/C=C\C)=C(C)C.C=C(CCCCC(C)(CC)c1ccc(C)cc1)C1=CCN=C1C. The van der Waals surface area contributed by atoms with Gasteiger partial charge in [0.15, 0.2) is 0 Å². The Morgan fingerprint density at radius 2 is 1.67 bits per heavy atom. The molecule has 0 aromatic heterocycles. The van der Waals surface area contributed by atoms with Crippen LogP contribution in [0.5, 0.6) is 0 Å². The smallest absolute Gasteiger partial charge is 0.0583 e. The molecule has 36 heavy (non-hydrogen) atoms. The Hall–Kier alpha value is -2.67. The molecule has 0 N–H and O–H groups in total. The van der Waals surface area contributed by atoms with Crippen molar-refractivity contribution >= 4 is 5.71 Å². The van der Waals surface area contributed by atoms with Crippen LogP contribution >= 0.6 is 0 Å². The summed E-state index contributed by atoms with van der Waals surface area (Å²) in [7, 11) is 0. The predicted molar refractivity (Wildman–Crippen MR) is 164 cm³/mol. The number of benzene rings is 1. The van der Waals surface area contributed by atoms with E-state index in [4.69, 9.17) is 0 Å². The zero-order valence-corrected chi connectivity index (χ0v) is 24.7. The molecular weight excluding hydrogens is 434 g/mol. The molecule has 1 atom stereocenters. The van der Waals surface area contributed by atoms with Gasteiger partial charge in [0.05, 0.1) is 6.54 Å². The average Bonchev–Trinajstić information content (AvgIpc) is 3.27. The van der Waals surface area contributed by atoms with E-state index in [0.29, 0.717) is 5.41 Å². The van der Waals surface area contributed by atoms with Gasteiger partial charge in [-0.2, -0.15) is 0 Å². The van der Waals surface area contributed by atoms with Crippen molar-refractivity contribution in [1.29, 1.82) is 0 Å². The molecule has 0 amide bonds. The van der Waals surface area contributed by atoms with E-state index in [1.807, 2.05) is 13.8 Å². The molecule has 0 saturated heterocycles. The van der Waals surface area contributed by atoms with Crippen LogP contribution in [0, 0.1) is 6.92 Å². The number of rotatable bonds is 11. The standard InChI is InChI=1S/C22H31N.C13H20/c1-6-22(5,20-12-10-17(2)11-13-20)15-8-7-9-18(3)21-14-16-23-19(21)4;1-7-8-13(11(4)5)9-12(6)10(2)3/h10-14H,3,6-9,15-16H2,1-2,4-5H3;7-9H,2H2,1,3-6H3/b;8-7-,12-9+. The first-order valence-corrected chi connectivity index (χ1v) is 13.6. The number of hydrogen-bond acceptors (Lipinski definition) is 1. The number of aliphatic imine (C=N–C) groups is 1. The molecule has 2 rings (SSSR count). The summed E-state index contributed by atoms with van der Waals surface area (Å²) in [6, 6.07) is 9.08. The predicted octanol–water partition coefficient (Wildman–Crippen LogP) is 10.6. The third-order valence-electron chi connectivity index (χ3n) is 7.35. The number of allylic oxidation sites excluding steroid dienone is 9. The Morgan fingerprint density at radius 3 is 2.14 bits per heavy atom. The van der Waals surface area contributed by atoms with Gasteiger partial charge in [-0.25, -0.2) is 0 Å². The van der Waals surface area contributed by atoms with Crippen LogP contribution in [-0.2, 0) is 5.41 Å². The minimum atomic E-state index is 0.291. The van der Waals surface area contributed by atoms with Crippen LogP contribution in [0.2, 0.25) is 0 Å². The summed E-state index contributed by atoms with van der Waals surface area (Å²) in [6.07, 6.45) is 14.6. The van der Waals surface area contributed by atoms with Crippen LogP contribution in [0.3, 0.4) is 0 Å². The molecule has 1 aliphatic rings. The highest BCUT2D eigenvalue weighted by molar-refractivity contribution is 6.03. The highest BCUT2D eigenvalue weighted by Gasteiger charge is 2.23. The van der Waals surface area contributed by atoms with Gasteiger partial charge in [0.1, 0.15) is 0 Å². The van der Waals surface area contributed by atoms with E-state index in [1.54, 1.807) is 0 Å². The van der Waals surface area contributed by atoms with Crippen molar-refractivity contribution in [2.75, 3.05) is 6.54 Å². The van der Waals surface area contributed by atoms with Gasteiger partial charge >= 0.3 is 0 Å². The first-order valence-electron chi connectivity index (χ1n) is 13.6. The van der Waals surface area contributed by atoms with Crippen LogP contribution in [0.4, 0.5) is 0 Å². The lowest BCUT2D eigenvalue weighted by molar-refractivity contribution is 0.399. The fourth-order valence-electron chi connectivity index (χ4n) is 4.27. The van der Waals surface area contributed by atoms with E-state index in [1.165, 1.54) is 64.7 Å². The van der Waals surface area contributed by atoms with Gasteiger partial charge in [0.25, 0.3) is 0 Å². The molecule has 1 nitrogen and oxygen atoms in total. The van der Waals surface area contributed by atoms with Crippen LogP contribution in [0.25, 0.3) is 0 Å². The van der Waals surface area contributed by atoms with Gasteiger partial charge in [-0.15, -0.1) is 0 Å². The van der Waals surface area contributed by atoms with E-state index >= 15 is 0 Å². The second-order valence-corrected chi connectivity index (χ2v) is 10.7. The summed E-state index contributed by atoms with van der Waals surface area (Å²) in [6.45, 7) is 28.4. The van der Waals surface area contributed by atoms with Crippen molar-refractivity contribution in [3.05, 3.63) is 106 Å².